The smallest absolute Gasteiger partial charge is 0.252 e. The van der Waals surface area contributed by atoms with E-state index in [4.69, 9.17) is 10.00 Å². The van der Waals surface area contributed by atoms with E-state index < -0.39 is 5.82 Å². The minimum absolute atomic E-state index is 0.116. The van der Waals surface area contributed by atoms with Gasteiger partial charge in [-0.25, -0.2) is 4.39 Å². The standard InChI is InChI=1S/C21H24FN3O2/c1-3-5-15(4-2)12-25-21(26)17-6-7-19(24-13-17)14-27-20-9-16(11-23)8-18(22)10-20/h6-10,13,15H,3-5,12,14H2,1-2H3,(H,25,26). The molecular formula is C21H24FN3O2. The van der Waals surface area contributed by atoms with Crippen LogP contribution < -0.4 is 10.1 Å². The normalized spacial score (nSPS) is 11.5. The van der Waals surface area contributed by atoms with E-state index in [1.54, 1.807) is 12.1 Å². The SMILES string of the molecule is CCCC(CC)CNC(=O)c1ccc(COc2cc(F)cc(C#N)c2)nc1. The van der Waals surface area contributed by atoms with E-state index in [0.717, 1.165) is 25.3 Å². The molecule has 27 heavy (non-hydrogen) atoms. The van der Waals surface area contributed by atoms with Crippen LogP contribution in [0.25, 0.3) is 0 Å². The number of hydrogen-bond acceptors (Lipinski definition) is 4. The van der Waals surface area contributed by atoms with Crippen molar-refractivity contribution >= 4 is 5.91 Å². The van der Waals surface area contributed by atoms with Crippen molar-refractivity contribution < 1.29 is 13.9 Å². The Kier molecular flexibility index (Phi) is 7.75. The van der Waals surface area contributed by atoms with Crippen molar-refractivity contribution in [1.29, 1.82) is 5.26 Å². The van der Waals surface area contributed by atoms with Crippen molar-refractivity contribution in [2.24, 2.45) is 5.92 Å². The van der Waals surface area contributed by atoms with E-state index in [1.165, 1.54) is 18.3 Å². The van der Waals surface area contributed by atoms with E-state index in [9.17, 15) is 9.18 Å². The highest BCUT2D eigenvalue weighted by Gasteiger charge is 2.10. The first kappa shape index (κ1) is 20.4. The summed E-state index contributed by atoms with van der Waals surface area (Å²) in [7, 11) is 0. The second-order valence-electron chi connectivity index (χ2n) is 6.39. The Morgan fingerprint density at radius 2 is 2.15 bits per heavy atom. The molecule has 0 spiro atoms. The fraction of sp³-hybridized carbons (Fsp3) is 0.381. The molecule has 0 radical (unpaired) electrons. The molecule has 1 aromatic heterocycles. The van der Waals surface area contributed by atoms with Gasteiger partial charge in [0.2, 0.25) is 0 Å². The molecule has 0 bridgehead atoms. The lowest BCUT2D eigenvalue weighted by Crippen LogP contribution is -2.29. The van der Waals surface area contributed by atoms with E-state index in [2.05, 4.69) is 24.1 Å². The highest BCUT2D eigenvalue weighted by molar-refractivity contribution is 5.93. The minimum Gasteiger partial charge on any atom is -0.487 e. The Morgan fingerprint density at radius 1 is 1.33 bits per heavy atom. The van der Waals surface area contributed by atoms with Crippen LogP contribution in [0.3, 0.4) is 0 Å². The topological polar surface area (TPSA) is 75.0 Å². The summed E-state index contributed by atoms with van der Waals surface area (Å²) in [4.78, 5) is 16.4. The zero-order chi connectivity index (χ0) is 19.6. The number of pyridine rings is 1. The maximum atomic E-state index is 13.4. The molecule has 6 heteroatoms. The number of carbonyl (C=O) groups excluding carboxylic acids is 1. The number of nitrogens with one attached hydrogen (secondary N) is 1. The third kappa shape index (κ3) is 6.37. The predicted octanol–water partition coefficient (Wildman–Crippen LogP) is 4.23. The minimum atomic E-state index is -0.530. The van der Waals surface area contributed by atoms with E-state index in [1.807, 2.05) is 6.07 Å². The van der Waals surface area contributed by atoms with Crippen LogP contribution in [0.1, 0.15) is 54.7 Å². The summed E-state index contributed by atoms with van der Waals surface area (Å²) in [6, 6.07) is 9.08. The molecule has 1 N–H and O–H groups in total. The van der Waals surface area contributed by atoms with Crippen molar-refractivity contribution in [3.05, 3.63) is 59.2 Å². The fourth-order valence-corrected chi connectivity index (χ4v) is 2.71. The number of rotatable bonds is 9. The average molecular weight is 369 g/mol. The number of aromatic nitrogens is 1. The molecule has 1 atom stereocenters. The molecule has 2 rings (SSSR count). The second kappa shape index (κ2) is 10.3. The number of hydrogen-bond donors (Lipinski definition) is 1. The van der Waals surface area contributed by atoms with Gasteiger partial charge in [-0.2, -0.15) is 5.26 Å². The summed E-state index contributed by atoms with van der Waals surface area (Å²) in [6.45, 7) is 5.04. The van der Waals surface area contributed by atoms with Crippen molar-refractivity contribution in [3.8, 4) is 11.8 Å². The van der Waals surface area contributed by atoms with Gasteiger partial charge in [-0.3, -0.25) is 9.78 Å². The Hall–Kier alpha value is -2.94. The van der Waals surface area contributed by atoms with Gasteiger partial charge in [0.25, 0.3) is 5.91 Å². The maximum Gasteiger partial charge on any atom is 0.252 e. The predicted molar refractivity (Wildman–Crippen MR) is 101 cm³/mol. The van der Waals surface area contributed by atoms with Crippen molar-refractivity contribution in [2.45, 2.75) is 39.7 Å². The Labute approximate surface area is 159 Å². The summed E-state index contributed by atoms with van der Waals surface area (Å²) in [5.41, 5.74) is 1.28. The van der Waals surface area contributed by atoms with Crippen LogP contribution in [0.2, 0.25) is 0 Å². The van der Waals surface area contributed by atoms with E-state index in [-0.39, 0.29) is 23.8 Å². The molecule has 1 amide bonds. The van der Waals surface area contributed by atoms with Gasteiger partial charge in [0.15, 0.2) is 0 Å². The molecule has 1 unspecified atom stereocenters. The van der Waals surface area contributed by atoms with Gasteiger partial charge in [-0.05, 0) is 36.6 Å². The largest absolute Gasteiger partial charge is 0.487 e. The number of benzene rings is 1. The van der Waals surface area contributed by atoms with Crippen LogP contribution in [0.5, 0.6) is 5.75 Å². The van der Waals surface area contributed by atoms with Crippen LogP contribution in [0.4, 0.5) is 4.39 Å². The maximum absolute atomic E-state index is 13.4. The number of nitriles is 1. The molecule has 0 saturated carbocycles. The van der Waals surface area contributed by atoms with Gasteiger partial charge >= 0.3 is 0 Å². The zero-order valence-corrected chi connectivity index (χ0v) is 15.7. The Balaban J connectivity index is 1.90. The van der Waals surface area contributed by atoms with Crippen molar-refractivity contribution in [1.82, 2.24) is 10.3 Å². The molecule has 142 valence electrons. The van der Waals surface area contributed by atoms with Crippen molar-refractivity contribution in [2.75, 3.05) is 6.54 Å². The zero-order valence-electron chi connectivity index (χ0n) is 15.7. The quantitative estimate of drug-likeness (QED) is 0.718. The Bertz CT molecular complexity index is 800. The van der Waals surface area contributed by atoms with E-state index in [0.29, 0.717) is 23.7 Å². The average Bonchev–Trinajstić information content (AvgIpc) is 2.69. The molecule has 0 aliphatic heterocycles. The van der Waals surface area contributed by atoms with Gasteiger partial charge in [0.05, 0.1) is 22.9 Å². The molecule has 5 nitrogen and oxygen atoms in total. The van der Waals surface area contributed by atoms with Gasteiger partial charge in [0, 0.05) is 18.8 Å². The summed E-state index contributed by atoms with van der Waals surface area (Å²) >= 11 is 0. The summed E-state index contributed by atoms with van der Waals surface area (Å²) in [6.07, 6.45) is 4.74. The van der Waals surface area contributed by atoms with Gasteiger partial charge < -0.3 is 10.1 Å². The summed E-state index contributed by atoms with van der Waals surface area (Å²) < 4.78 is 18.9. The second-order valence-corrected chi connectivity index (χ2v) is 6.39. The van der Waals surface area contributed by atoms with Crippen molar-refractivity contribution in [3.63, 3.8) is 0 Å². The number of amides is 1. The van der Waals surface area contributed by atoms with Crippen LogP contribution in [0.15, 0.2) is 36.5 Å². The summed E-state index contributed by atoms with van der Waals surface area (Å²) in [5, 5.41) is 11.8. The lowest BCUT2D eigenvalue weighted by molar-refractivity contribution is 0.0945. The van der Waals surface area contributed by atoms with Crippen LogP contribution in [-0.2, 0) is 6.61 Å². The molecule has 1 aromatic carbocycles. The first-order valence-corrected chi connectivity index (χ1v) is 9.12. The van der Waals surface area contributed by atoms with Crippen LogP contribution in [0, 0.1) is 23.1 Å². The van der Waals surface area contributed by atoms with E-state index >= 15 is 0 Å². The van der Waals surface area contributed by atoms with Gasteiger partial charge in [-0.15, -0.1) is 0 Å². The van der Waals surface area contributed by atoms with Gasteiger partial charge in [-0.1, -0.05) is 26.7 Å². The monoisotopic (exact) mass is 369 g/mol. The number of nitrogens with zero attached hydrogens (tertiary/aromatic N) is 2. The molecule has 0 aliphatic rings. The number of carbonyl (C=O) groups is 1. The molecule has 1 heterocycles. The highest BCUT2D eigenvalue weighted by atomic mass is 19.1. The fourth-order valence-electron chi connectivity index (χ4n) is 2.71. The number of halogens is 1. The lowest BCUT2D eigenvalue weighted by atomic mass is 10.0. The molecule has 2 aromatic rings. The van der Waals surface area contributed by atoms with Crippen LogP contribution in [-0.4, -0.2) is 17.4 Å². The highest BCUT2D eigenvalue weighted by Crippen LogP contribution is 2.17. The molecule has 0 saturated heterocycles. The van der Waals surface area contributed by atoms with Gasteiger partial charge in [0.1, 0.15) is 18.2 Å². The first-order valence-electron chi connectivity index (χ1n) is 9.12. The molecule has 0 aliphatic carbocycles. The molecular weight excluding hydrogens is 345 g/mol. The third-order valence-electron chi connectivity index (χ3n) is 4.30. The summed E-state index contributed by atoms with van der Waals surface area (Å²) in [5.74, 6) is 0.0756. The first-order chi connectivity index (χ1) is 13.0. The van der Waals surface area contributed by atoms with Crippen LogP contribution >= 0.6 is 0 Å². The number of ether oxygens (including phenoxy) is 1. The molecule has 0 fully saturated rings. The third-order valence-corrected chi connectivity index (χ3v) is 4.30. The Morgan fingerprint density at radius 3 is 2.78 bits per heavy atom. The lowest BCUT2D eigenvalue weighted by Gasteiger charge is -2.14.